The summed E-state index contributed by atoms with van der Waals surface area (Å²) < 4.78 is 63.7. The second-order valence-corrected chi connectivity index (χ2v) is 9.42. The first-order valence-corrected chi connectivity index (χ1v) is 12.7. The Morgan fingerprint density at radius 1 is 1.16 bits per heavy atom. The van der Waals surface area contributed by atoms with Crippen LogP contribution in [-0.2, 0) is 16.1 Å². The van der Waals surface area contributed by atoms with Crippen LogP contribution in [0.3, 0.4) is 0 Å². The summed E-state index contributed by atoms with van der Waals surface area (Å²) >= 11 is -2.26. The number of pyridine rings is 1. The van der Waals surface area contributed by atoms with Gasteiger partial charge < -0.3 is 20.3 Å². The smallest absolute Gasteiger partial charge is 0.218 e. The maximum Gasteiger partial charge on any atom is 0.218 e. The van der Waals surface area contributed by atoms with Crippen LogP contribution in [0.2, 0.25) is 0 Å². The highest BCUT2D eigenvalue weighted by molar-refractivity contribution is 7.92. The summed E-state index contributed by atoms with van der Waals surface area (Å²) in [5.41, 5.74) is 7.57. The van der Waals surface area contributed by atoms with Gasteiger partial charge in [-0.05, 0) is 54.8 Å². The number of nitrogens with two attached hydrogens (primary N) is 1. The van der Waals surface area contributed by atoms with Gasteiger partial charge >= 0.3 is 0 Å². The summed E-state index contributed by atoms with van der Waals surface area (Å²) in [5.74, 6) is -1.86. The number of rotatable bonds is 8. The molecule has 4 rings (SSSR count). The standard InChI is InChI=1S/C26H26F3N5O2S/c1-31-24-13-16(7-10-32-24)20(15-33-18-8-11-36-12-9-18)26(30)19-3-2-4-22(25(19)29)34-37(35)23-14-17(27)5-6-21(23)28/h2-7,10,13-15,18,34H,8-9,11-12,30H2,1H3,(H,31,32). The van der Waals surface area contributed by atoms with E-state index in [1.807, 2.05) is 0 Å². The van der Waals surface area contributed by atoms with Crippen molar-refractivity contribution in [3.8, 4) is 0 Å². The predicted molar refractivity (Wildman–Crippen MR) is 140 cm³/mol. The second kappa shape index (κ2) is 12.1. The van der Waals surface area contributed by atoms with E-state index in [1.54, 1.807) is 31.6 Å². The molecule has 1 unspecified atom stereocenters. The van der Waals surface area contributed by atoms with Gasteiger partial charge in [-0.3, -0.25) is 4.99 Å². The van der Waals surface area contributed by atoms with Crippen molar-refractivity contribution in [3.05, 3.63) is 83.3 Å². The van der Waals surface area contributed by atoms with Crippen LogP contribution in [0.1, 0.15) is 24.0 Å². The van der Waals surface area contributed by atoms with Gasteiger partial charge in [0.15, 0.2) is 11.6 Å². The first kappa shape index (κ1) is 26.5. The molecule has 0 spiro atoms. The Balaban J connectivity index is 1.72. The second-order valence-electron chi connectivity index (χ2n) is 8.24. The third-order valence-electron chi connectivity index (χ3n) is 5.81. The van der Waals surface area contributed by atoms with Crippen LogP contribution >= 0.6 is 0 Å². The molecule has 0 amide bonds. The van der Waals surface area contributed by atoms with Gasteiger partial charge in [-0.1, -0.05) is 6.07 Å². The van der Waals surface area contributed by atoms with Crippen molar-refractivity contribution < 1.29 is 22.5 Å². The molecule has 1 aliphatic heterocycles. The lowest BCUT2D eigenvalue weighted by molar-refractivity contribution is 0.0872. The summed E-state index contributed by atoms with van der Waals surface area (Å²) in [6, 6.07) is 10.4. The topological polar surface area (TPSA) is 108 Å². The molecule has 0 aliphatic carbocycles. The third-order valence-corrected chi connectivity index (χ3v) is 6.92. The lowest BCUT2D eigenvalue weighted by Gasteiger charge is -2.19. The van der Waals surface area contributed by atoms with Crippen molar-refractivity contribution in [3.63, 3.8) is 0 Å². The van der Waals surface area contributed by atoms with Crippen molar-refractivity contribution in [2.45, 2.75) is 23.8 Å². The van der Waals surface area contributed by atoms with Crippen LogP contribution in [0.15, 0.2) is 64.6 Å². The summed E-state index contributed by atoms with van der Waals surface area (Å²) in [4.78, 5) is 8.45. The quantitative estimate of drug-likeness (QED) is 0.287. The highest BCUT2D eigenvalue weighted by atomic mass is 32.2. The normalized spacial score (nSPS) is 15.9. The van der Waals surface area contributed by atoms with Gasteiger partial charge in [0.05, 0.1) is 11.7 Å². The molecule has 1 fully saturated rings. The fraction of sp³-hybridized carbons (Fsp3) is 0.231. The molecule has 1 atom stereocenters. The molecule has 0 bridgehead atoms. The lowest BCUT2D eigenvalue weighted by atomic mass is 10.00. The van der Waals surface area contributed by atoms with Gasteiger partial charge in [0.2, 0.25) is 4.90 Å². The largest absolute Gasteiger partial charge is 0.588 e. The first-order chi connectivity index (χ1) is 17.9. The number of aromatic nitrogens is 1. The lowest BCUT2D eigenvalue weighted by Crippen LogP contribution is -2.19. The molecule has 1 aromatic heterocycles. The summed E-state index contributed by atoms with van der Waals surface area (Å²) in [5, 5.41) is 2.96. The summed E-state index contributed by atoms with van der Waals surface area (Å²) in [6.45, 7) is 1.22. The van der Waals surface area contributed by atoms with E-state index >= 15 is 4.39 Å². The van der Waals surface area contributed by atoms with Crippen LogP contribution in [-0.4, -0.2) is 42.1 Å². The molecule has 4 N–H and O–H groups in total. The van der Waals surface area contributed by atoms with Crippen LogP contribution in [0, 0.1) is 17.5 Å². The fourth-order valence-electron chi connectivity index (χ4n) is 3.79. The minimum atomic E-state index is -2.26. The van der Waals surface area contributed by atoms with E-state index in [0.29, 0.717) is 30.2 Å². The minimum Gasteiger partial charge on any atom is -0.588 e. The van der Waals surface area contributed by atoms with Crippen molar-refractivity contribution >= 4 is 40.4 Å². The maximum absolute atomic E-state index is 15.6. The minimum absolute atomic E-state index is 0.0259. The van der Waals surface area contributed by atoms with Crippen molar-refractivity contribution in [2.24, 2.45) is 10.7 Å². The summed E-state index contributed by atoms with van der Waals surface area (Å²) in [6.07, 6.45) is 4.75. The average molecular weight is 530 g/mol. The van der Waals surface area contributed by atoms with E-state index < -0.39 is 33.7 Å². The number of ether oxygens (including phenoxy) is 1. The van der Waals surface area contributed by atoms with Crippen LogP contribution in [0.25, 0.3) is 11.3 Å². The number of halogens is 3. The number of allylic oxidation sites excluding steroid dienone is 1. The van der Waals surface area contributed by atoms with Crippen LogP contribution in [0.5, 0.6) is 0 Å². The Bertz CT molecular complexity index is 1320. The van der Waals surface area contributed by atoms with Gasteiger partial charge in [-0.25, -0.2) is 22.9 Å². The number of benzene rings is 2. The van der Waals surface area contributed by atoms with Crippen molar-refractivity contribution in [1.82, 2.24) is 4.98 Å². The van der Waals surface area contributed by atoms with E-state index in [-0.39, 0.29) is 23.0 Å². The molecule has 1 aliphatic rings. The summed E-state index contributed by atoms with van der Waals surface area (Å²) in [7, 11) is 1.73. The third kappa shape index (κ3) is 6.43. The van der Waals surface area contributed by atoms with Crippen LogP contribution in [0.4, 0.5) is 24.7 Å². The van der Waals surface area contributed by atoms with Crippen molar-refractivity contribution in [2.75, 3.05) is 30.3 Å². The Kier molecular flexibility index (Phi) is 8.70. The van der Waals surface area contributed by atoms with Crippen LogP contribution < -0.4 is 15.8 Å². The Morgan fingerprint density at radius 3 is 2.70 bits per heavy atom. The number of nitrogens with one attached hydrogen (secondary N) is 2. The van der Waals surface area contributed by atoms with Crippen molar-refractivity contribution in [1.29, 1.82) is 0 Å². The van der Waals surface area contributed by atoms with E-state index in [1.165, 1.54) is 18.2 Å². The predicted octanol–water partition coefficient (Wildman–Crippen LogP) is 4.75. The molecule has 0 radical (unpaired) electrons. The monoisotopic (exact) mass is 529 g/mol. The Hall–Kier alpha value is -3.54. The number of anilines is 2. The highest BCUT2D eigenvalue weighted by Gasteiger charge is 2.22. The van der Waals surface area contributed by atoms with Gasteiger partial charge in [0.1, 0.15) is 28.7 Å². The SMILES string of the molecule is CNc1cc(C(C=NC2CCOCC2)=C(N)c2cccc(N[S+]([O-])c3cc(F)ccc3F)c2F)ccn1. The Morgan fingerprint density at radius 2 is 1.95 bits per heavy atom. The molecule has 194 valence electrons. The maximum atomic E-state index is 15.6. The van der Waals surface area contributed by atoms with Gasteiger partial charge in [-0.2, -0.15) is 0 Å². The number of hydrogen-bond donors (Lipinski definition) is 3. The average Bonchev–Trinajstić information content (AvgIpc) is 2.92. The van der Waals surface area contributed by atoms with E-state index in [9.17, 15) is 13.3 Å². The molecule has 1 saturated heterocycles. The van der Waals surface area contributed by atoms with Gasteiger partial charge in [0.25, 0.3) is 0 Å². The molecular formula is C26H26F3N5O2S. The van der Waals surface area contributed by atoms with E-state index in [0.717, 1.165) is 31.0 Å². The molecule has 0 saturated carbocycles. The van der Waals surface area contributed by atoms with Gasteiger partial charge in [-0.15, -0.1) is 0 Å². The van der Waals surface area contributed by atoms with Gasteiger partial charge in [0, 0.05) is 49.9 Å². The zero-order valence-corrected chi connectivity index (χ0v) is 20.8. The molecule has 37 heavy (non-hydrogen) atoms. The molecular weight excluding hydrogens is 503 g/mol. The molecule has 3 aromatic rings. The zero-order valence-electron chi connectivity index (χ0n) is 20.0. The number of aliphatic imine (C=N–C) groups is 1. The fourth-order valence-corrected chi connectivity index (χ4v) is 4.72. The molecule has 2 aromatic carbocycles. The molecule has 7 nitrogen and oxygen atoms in total. The first-order valence-electron chi connectivity index (χ1n) is 11.5. The number of nitrogens with zero attached hydrogens (tertiary/aromatic N) is 2. The highest BCUT2D eigenvalue weighted by Crippen LogP contribution is 2.30. The molecule has 11 heteroatoms. The molecule has 2 heterocycles. The zero-order chi connectivity index (χ0) is 26.4. The van der Waals surface area contributed by atoms with E-state index in [4.69, 9.17) is 10.5 Å². The number of hydrogen-bond acceptors (Lipinski definition) is 7. The van der Waals surface area contributed by atoms with E-state index in [2.05, 4.69) is 20.0 Å². The Labute approximate surface area is 216 Å².